The molecule has 0 radical (unpaired) electrons. The fourth-order valence-electron chi connectivity index (χ4n) is 4.49. The predicted molar refractivity (Wildman–Crippen MR) is 94.3 cm³/mol. The average molecular weight is 342 g/mol. The molecular weight excluding hydrogens is 316 g/mol. The van der Waals surface area contributed by atoms with Crippen LogP contribution in [-0.2, 0) is 14.9 Å². The van der Waals surface area contributed by atoms with Crippen LogP contribution in [0.2, 0.25) is 0 Å². The Balaban J connectivity index is 1.34. The number of hydrogen-bond acceptors (Lipinski definition) is 3. The fraction of sp³-hybridized carbons (Fsp3) is 0.600. The van der Waals surface area contributed by atoms with Crippen LogP contribution in [0.15, 0.2) is 24.3 Å². The molecule has 0 atom stereocenters. The normalized spacial score (nSPS) is 30.6. The lowest BCUT2D eigenvalue weighted by Gasteiger charge is -2.46. The van der Waals surface area contributed by atoms with Gasteiger partial charge in [0.25, 0.3) is 0 Å². The Morgan fingerprint density at radius 1 is 1.20 bits per heavy atom. The number of hydrogen-bond donors (Lipinski definition) is 1. The van der Waals surface area contributed by atoms with Gasteiger partial charge in [-0.2, -0.15) is 0 Å². The van der Waals surface area contributed by atoms with Crippen molar-refractivity contribution in [2.24, 2.45) is 5.92 Å². The number of likely N-dealkylation sites (tertiary alicyclic amines) is 1. The van der Waals surface area contributed by atoms with Gasteiger partial charge in [-0.05, 0) is 43.6 Å². The second-order valence-electron chi connectivity index (χ2n) is 8.34. The zero-order valence-electron chi connectivity index (χ0n) is 15.0. The van der Waals surface area contributed by atoms with Gasteiger partial charge >= 0.3 is 6.09 Å². The molecule has 1 saturated carbocycles. The van der Waals surface area contributed by atoms with Crippen molar-refractivity contribution in [2.75, 3.05) is 19.7 Å². The van der Waals surface area contributed by atoms with E-state index in [1.807, 2.05) is 4.90 Å². The van der Waals surface area contributed by atoms with E-state index >= 15 is 0 Å². The number of rotatable bonds is 2. The first-order valence-electron chi connectivity index (χ1n) is 9.20. The lowest BCUT2D eigenvalue weighted by atomic mass is 9.68. The molecule has 5 heteroatoms. The zero-order chi connectivity index (χ0) is 17.7. The number of amides is 2. The molecule has 2 saturated heterocycles. The van der Waals surface area contributed by atoms with Gasteiger partial charge in [-0.25, -0.2) is 4.79 Å². The van der Waals surface area contributed by atoms with E-state index in [0.29, 0.717) is 19.4 Å². The van der Waals surface area contributed by atoms with E-state index in [-0.39, 0.29) is 28.9 Å². The molecule has 1 aliphatic carbocycles. The number of nitrogens with zero attached hydrogens (tertiary/aromatic N) is 1. The molecule has 2 heterocycles. The number of ether oxygens (including phenoxy) is 1. The third-order valence-electron chi connectivity index (χ3n) is 6.40. The number of nitrogens with one attached hydrogen (secondary N) is 1. The quantitative estimate of drug-likeness (QED) is 0.899. The van der Waals surface area contributed by atoms with E-state index in [9.17, 15) is 9.59 Å². The Kier molecular flexibility index (Phi) is 3.78. The summed E-state index contributed by atoms with van der Waals surface area (Å²) in [6.45, 7) is 6.45. The van der Waals surface area contributed by atoms with Gasteiger partial charge < -0.3 is 15.0 Å². The van der Waals surface area contributed by atoms with Gasteiger partial charge in [0.1, 0.15) is 6.61 Å². The first-order valence-corrected chi connectivity index (χ1v) is 9.20. The van der Waals surface area contributed by atoms with Crippen LogP contribution in [0.4, 0.5) is 4.79 Å². The van der Waals surface area contributed by atoms with Gasteiger partial charge in [0.15, 0.2) is 0 Å². The van der Waals surface area contributed by atoms with Crippen LogP contribution in [0.25, 0.3) is 0 Å². The number of aryl methyl sites for hydroxylation is 1. The molecule has 1 spiro atoms. The van der Waals surface area contributed by atoms with Crippen molar-refractivity contribution in [3.8, 4) is 0 Å². The Hall–Kier alpha value is -2.04. The van der Waals surface area contributed by atoms with Crippen molar-refractivity contribution < 1.29 is 14.3 Å². The predicted octanol–water partition coefficient (Wildman–Crippen LogP) is 2.76. The third-order valence-corrected chi connectivity index (χ3v) is 6.40. The lowest BCUT2D eigenvalue weighted by Crippen LogP contribution is -2.59. The number of alkyl carbamates (subject to hydrolysis) is 1. The van der Waals surface area contributed by atoms with Gasteiger partial charge in [0.2, 0.25) is 5.91 Å². The summed E-state index contributed by atoms with van der Waals surface area (Å²) in [5, 5.41) is 2.86. The van der Waals surface area contributed by atoms with Crippen LogP contribution in [0.1, 0.15) is 43.7 Å². The highest BCUT2D eigenvalue weighted by atomic mass is 16.6. The lowest BCUT2D eigenvalue weighted by molar-refractivity contribution is -0.142. The third kappa shape index (κ3) is 2.90. The molecule has 0 aromatic heterocycles. The molecule has 1 aromatic rings. The Bertz CT molecular complexity index is 683. The van der Waals surface area contributed by atoms with E-state index in [4.69, 9.17) is 4.74 Å². The van der Waals surface area contributed by atoms with Gasteiger partial charge in [-0.15, -0.1) is 0 Å². The Labute approximate surface area is 148 Å². The number of carbonyl (C=O) groups is 2. The number of piperidine rings is 1. The molecule has 0 bridgehead atoms. The molecule has 4 rings (SSSR count). The minimum absolute atomic E-state index is 0.0331. The van der Waals surface area contributed by atoms with Gasteiger partial charge in [0.05, 0.1) is 5.54 Å². The molecule has 134 valence electrons. The summed E-state index contributed by atoms with van der Waals surface area (Å²) in [5.41, 5.74) is 2.53. The van der Waals surface area contributed by atoms with Crippen molar-refractivity contribution in [2.45, 2.75) is 50.5 Å². The Morgan fingerprint density at radius 3 is 2.40 bits per heavy atom. The number of benzene rings is 1. The van der Waals surface area contributed by atoms with Crippen LogP contribution in [0, 0.1) is 12.8 Å². The average Bonchev–Trinajstić information content (AvgIpc) is 2.96. The maximum absolute atomic E-state index is 12.8. The first kappa shape index (κ1) is 16.4. The van der Waals surface area contributed by atoms with E-state index in [1.165, 1.54) is 11.1 Å². The summed E-state index contributed by atoms with van der Waals surface area (Å²) < 4.78 is 4.99. The summed E-state index contributed by atoms with van der Waals surface area (Å²) in [4.78, 5) is 26.0. The summed E-state index contributed by atoms with van der Waals surface area (Å²) in [5.74, 6) is 0.281. The van der Waals surface area contributed by atoms with Gasteiger partial charge in [-0.1, -0.05) is 36.8 Å². The van der Waals surface area contributed by atoms with Crippen LogP contribution in [0.5, 0.6) is 0 Å². The summed E-state index contributed by atoms with van der Waals surface area (Å²) in [6, 6.07) is 8.80. The van der Waals surface area contributed by atoms with E-state index in [0.717, 1.165) is 25.9 Å². The van der Waals surface area contributed by atoms with Crippen molar-refractivity contribution in [1.29, 1.82) is 0 Å². The second kappa shape index (κ2) is 5.75. The molecular formula is C20H26N2O3. The SMILES string of the molecule is Cc1ccc(C2(C)CCN(C(=O)C3CC4(COC(=O)N4)C3)CC2)cc1. The first-order chi connectivity index (χ1) is 11.9. The van der Waals surface area contributed by atoms with Crippen LogP contribution < -0.4 is 5.32 Å². The van der Waals surface area contributed by atoms with Gasteiger partial charge in [0, 0.05) is 19.0 Å². The molecule has 2 aliphatic heterocycles. The molecule has 2 amide bonds. The van der Waals surface area contributed by atoms with Crippen molar-refractivity contribution in [1.82, 2.24) is 10.2 Å². The summed E-state index contributed by atoms with van der Waals surface area (Å²) >= 11 is 0. The fourth-order valence-corrected chi connectivity index (χ4v) is 4.49. The maximum atomic E-state index is 12.8. The minimum atomic E-state index is -0.349. The van der Waals surface area contributed by atoms with Crippen LogP contribution in [0.3, 0.4) is 0 Å². The zero-order valence-corrected chi connectivity index (χ0v) is 15.0. The molecule has 0 unspecified atom stereocenters. The van der Waals surface area contributed by atoms with Crippen molar-refractivity contribution >= 4 is 12.0 Å². The van der Waals surface area contributed by atoms with E-state index in [1.54, 1.807) is 0 Å². The monoisotopic (exact) mass is 342 g/mol. The van der Waals surface area contributed by atoms with E-state index in [2.05, 4.69) is 43.4 Å². The number of cyclic esters (lactones) is 1. The van der Waals surface area contributed by atoms with Crippen molar-refractivity contribution in [3.05, 3.63) is 35.4 Å². The largest absolute Gasteiger partial charge is 0.447 e. The minimum Gasteiger partial charge on any atom is -0.447 e. The van der Waals surface area contributed by atoms with Crippen LogP contribution >= 0.6 is 0 Å². The summed E-state index contributed by atoms with van der Waals surface area (Å²) in [6.07, 6.45) is 3.07. The highest BCUT2D eigenvalue weighted by molar-refractivity contribution is 5.81. The molecule has 5 nitrogen and oxygen atoms in total. The highest BCUT2D eigenvalue weighted by Gasteiger charge is 2.53. The second-order valence-corrected chi connectivity index (χ2v) is 8.34. The molecule has 25 heavy (non-hydrogen) atoms. The molecule has 1 N–H and O–H groups in total. The number of carbonyl (C=O) groups excluding carboxylic acids is 2. The molecule has 1 aromatic carbocycles. The standard InChI is InChI=1S/C20H26N2O3/c1-14-3-5-16(6-4-14)19(2)7-9-22(10-8-19)17(23)15-11-20(12-15)13-25-18(24)21-20/h3-6,15H,7-13H2,1-2H3,(H,21,24). The van der Waals surface area contributed by atoms with Crippen LogP contribution in [-0.4, -0.2) is 42.1 Å². The topological polar surface area (TPSA) is 58.6 Å². The van der Waals surface area contributed by atoms with Crippen molar-refractivity contribution in [3.63, 3.8) is 0 Å². The molecule has 3 aliphatic rings. The maximum Gasteiger partial charge on any atom is 0.407 e. The highest BCUT2D eigenvalue weighted by Crippen LogP contribution is 2.42. The summed E-state index contributed by atoms with van der Waals surface area (Å²) in [7, 11) is 0. The van der Waals surface area contributed by atoms with E-state index < -0.39 is 0 Å². The Morgan fingerprint density at radius 2 is 1.84 bits per heavy atom. The van der Waals surface area contributed by atoms with Gasteiger partial charge in [-0.3, -0.25) is 4.79 Å². The smallest absolute Gasteiger partial charge is 0.407 e. The molecule has 3 fully saturated rings.